The zero-order chi connectivity index (χ0) is 68.2. The number of hydrogen-bond acceptors (Lipinski definition) is 15. The van der Waals surface area contributed by atoms with Crippen molar-refractivity contribution in [2.24, 2.45) is 0 Å². The minimum atomic E-state index is -4.95. The van der Waals surface area contributed by atoms with E-state index in [1.807, 2.05) is 0 Å². The van der Waals surface area contributed by atoms with E-state index in [1.54, 1.807) is 0 Å². The highest BCUT2D eigenvalue weighted by Crippen LogP contribution is 2.45. The SMILES string of the molecule is CCCCCCCCCCCCCCCCCCCCCCC(=O)O[C@H](COC(=O)CCCCCCCCCCCCCCCCCCC)COP(=O)(O)OC[C@@H](O)COP(=O)(O)OC[C@@H](COC(=O)CCCCCCCCC)OC(=O)CCCCCCCCCCC. The Labute approximate surface area is 568 Å². The fourth-order valence-electron chi connectivity index (χ4n) is 11.4. The molecule has 0 aromatic rings. The maximum Gasteiger partial charge on any atom is 0.472 e. The van der Waals surface area contributed by atoms with Crippen molar-refractivity contribution in [3.05, 3.63) is 0 Å². The van der Waals surface area contributed by atoms with Crippen molar-refractivity contribution in [3.8, 4) is 0 Å². The molecular weight excluding hydrogens is 1220 g/mol. The van der Waals surface area contributed by atoms with Crippen LogP contribution in [0.15, 0.2) is 0 Å². The highest BCUT2D eigenvalue weighted by Gasteiger charge is 2.30. The third-order valence-electron chi connectivity index (χ3n) is 17.4. The van der Waals surface area contributed by atoms with Crippen LogP contribution in [-0.2, 0) is 65.4 Å². The average molecular weight is 1370 g/mol. The molecule has 2 unspecified atom stereocenters. The second-order valence-corrected chi connectivity index (χ2v) is 29.6. The van der Waals surface area contributed by atoms with E-state index < -0.39 is 97.5 Å². The van der Waals surface area contributed by atoms with Gasteiger partial charge in [0.25, 0.3) is 0 Å². The number of unbranched alkanes of at least 4 members (excludes halogenated alkanes) is 49. The summed E-state index contributed by atoms with van der Waals surface area (Å²) in [7, 11) is -9.90. The fraction of sp³-hybridized carbons (Fsp3) is 0.946. The van der Waals surface area contributed by atoms with Crippen LogP contribution in [0.2, 0.25) is 0 Å². The summed E-state index contributed by atoms with van der Waals surface area (Å²) in [5, 5.41) is 10.6. The smallest absolute Gasteiger partial charge is 0.462 e. The average Bonchev–Trinajstić information content (AvgIpc) is 2.84. The lowest BCUT2D eigenvalue weighted by Gasteiger charge is -2.21. The summed E-state index contributed by atoms with van der Waals surface area (Å²) in [6.07, 6.45) is 58.6. The van der Waals surface area contributed by atoms with Crippen LogP contribution >= 0.6 is 15.6 Å². The van der Waals surface area contributed by atoms with Gasteiger partial charge in [-0.15, -0.1) is 0 Å². The van der Waals surface area contributed by atoms with E-state index in [2.05, 4.69) is 27.7 Å². The Morgan fingerprint density at radius 1 is 0.258 bits per heavy atom. The molecule has 0 aromatic carbocycles. The lowest BCUT2D eigenvalue weighted by Crippen LogP contribution is -2.30. The first-order valence-electron chi connectivity index (χ1n) is 38.8. The van der Waals surface area contributed by atoms with Crippen LogP contribution in [0.25, 0.3) is 0 Å². The Morgan fingerprint density at radius 3 is 0.634 bits per heavy atom. The van der Waals surface area contributed by atoms with E-state index in [-0.39, 0.29) is 25.7 Å². The molecule has 17 nitrogen and oxygen atoms in total. The molecule has 0 spiro atoms. The fourth-order valence-corrected chi connectivity index (χ4v) is 13.0. The third-order valence-corrected chi connectivity index (χ3v) is 19.3. The molecule has 0 saturated heterocycles. The summed E-state index contributed by atoms with van der Waals surface area (Å²) >= 11 is 0. The van der Waals surface area contributed by atoms with Crippen LogP contribution in [0.1, 0.15) is 394 Å². The van der Waals surface area contributed by atoms with Crippen molar-refractivity contribution >= 4 is 39.5 Å². The lowest BCUT2D eigenvalue weighted by molar-refractivity contribution is -0.161. The number of carbonyl (C=O) groups is 4. The number of ether oxygens (including phenoxy) is 4. The molecule has 0 aliphatic rings. The highest BCUT2D eigenvalue weighted by molar-refractivity contribution is 7.47. The lowest BCUT2D eigenvalue weighted by atomic mass is 10.0. The molecule has 0 rings (SSSR count). The van der Waals surface area contributed by atoms with Crippen LogP contribution in [-0.4, -0.2) is 96.7 Å². The van der Waals surface area contributed by atoms with Crippen molar-refractivity contribution in [2.45, 2.75) is 412 Å². The van der Waals surface area contributed by atoms with Gasteiger partial charge in [0, 0.05) is 25.7 Å². The molecule has 0 aliphatic carbocycles. The van der Waals surface area contributed by atoms with Gasteiger partial charge in [0.05, 0.1) is 26.4 Å². The molecule has 93 heavy (non-hydrogen) atoms. The number of phosphoric ester groups is 2. The minimum absolute atomic E-state index is 0.106. The Bertz CT molecular complexity index is 1770. The summed E-state index contributed by atoms with van der Waals surface area (Å²) in [6.45, 7) is 4.91. The standard InChI is InChI=1S/C74H144O17P2/c1-5-9-13-17-21-24-26-28-30-32-33-34-36-38-40-42-45-49-53-57-61-74(79)91-70(65-85-72(77)59-55-51-47-44-41-39-37-35-31-29-27-25-22-18-14-10-6-2)67-89-93(82,83)87-63-68(75)62-86-92(80,81)88-66-69(64-84-71(76)58-54-50-46-20-16-12-8-4)90-73(78)60-56-52-48-43-23-19-15-11-7-3/h68-70,75H,5-67H2,1-4H3,(H,80,81)(H,82,83)/t68-,69+,70+/m0/s1. The predicted molar refractivity (Wildman–Crippen MR) is 377 cm³/mol. The van der Waals surface area contributed by atoms with Gasteiger partial charge < -0.3 is 33.8 Å². The monoisotopic (exact) mass is 1370 g/mol. The van der Waals surface area contributed by atoms with Gasteiger partial charge in [0.2, 0.25) is 0 Å². The van der Waals surface area contributed by atoms with Crippen LogP contribution in [0.3, 0.4) is 0 Å². The predicted octanol–water partition coefficient (Wildman–Crippen LogP) is 21.8. The summed E-state index contributed by atoms with van der Waals surface area (Å²) in [5.74, 6) is -2.12. The molecule has 0 heterocycles. The Hall–Kier alpha value is -1.94. The van der Waals surface area contributed by atoms with E-state index in [1.165, 1.54) is 212 Å². The number of aliphatic hydroxyl groups is 1. The van der Waals surface area contributed by atoms with Crippen molar-refractivity contribution in [2.75, 3.05) is 39.6 Å². The first-order chi connectivity index (χ1) is 45.2. The number of carbonyl (C=O) groups excluding carboxylic acids is 4. The van der Waals surface area contributed by atoms with E-state index in [4.69, 9.17) is 37.0 Å². The zero-order valence-corrected chi connectivity index (χ0v) is 62.0. The third kappa shape index (κ3) is 68.4. The molecule has 552 valence electrons. The van der Waals surface area contributed by atoms with Crippen molar-refractivity contribution in [1.82, 2.24) is 0 Å². The Morgan fingerprint density at radius 2 is 0.430 bits per heavy atom. The van der Waals surface area contributed by atoms with Crippen molar-refractivity contribution < 1.29 is 80.2 Å². The maximum absolute atomic E-state index is 13.1. The molecular formula is C74H144O17P2. The summed E-state index contributed by atoms with van der Waals surface area (Å²) in [6, 6.07) is 0. The molecule has 19 heteroatoms. The number of esters is 4. The van der Waals surface area contributed by atoms with E-state index >= 15 is 0 Å². The van der Waals surface area contributed by atoms with E-state index in [0.29, 0.717) is 25.7 Å². The summed E-state index contributed by atoms with van der Waals surface area (Å²) in [4.78, 5) is 72.5. The zero-order valence-electron chi connectivity index (χ0n) is 60.2. The summed E-state index contributed by atoms with van der Waals surface area (Å²) in [5.41, 5.74) is 0. The number of rotatable bonds is 75. The second kappa shape index (κ2) is 68.6. The molecule has 0 saturated carbocycles. The topological polar surface area (TPSA) is 237 Å². The summed E-state index contributed by atoms with van der Waals surface area (Å²) < 4.78 is 68.3. The van der Waals surface area contributed by atoms with Crippen LogP contribution < -0.4 is 0 Å². The molecule has 0 amide bonds. The van der Waals surface area contributed by atoms with Crippen LogP contribution in [0.5, 0.6) is 0 Å². The molecule has 0 radical (unpaired) electrons. The van der Waals surface area contributed by atoms with Gasteiger partial charge in [-0.1, -0.05) is 342 Å². The number of aliphatic hydroxyl groups excluding tert-OH is 1. The number of hydrogen-bond donors (Lipinski definition) is 3. The second-order valence-electron chi connectivity index (χ2n) is 26.7. The molecule has 0 bridgehead atoms. The Balaban J connectivity index is 5.14. The van der Waals surface area contributed by atoms with E-state index in [0.717, 1.165) is 103 Å². The van der Waals surface area contributed by atoms with Gasteiger partial charge in [0.15, 0.2) is 12.2 Å². The van der Waals surface area contributed by atoms with Crippen LogP contribution in [0, 0.1) is 0 Å². The molecule has 0 fully saturated rings. The Kier molecular flexibility index (Phi) is 67.1. The molecule has 0 aromatic heterocycles. The number of phosphoric acid groups is 2. The molecule has 3 N–H and O–H groups in total. The van der Waals surface area contributed by atoms with Gasteiger partial charge in [-0.3, -0.25) is 37.3 Å². The van der Waals surface area contributed by atoms with E-state index in [9.17, 15) is 43.2 Å². The van der Waals surface area contributed by atoms with Crippen molar-refractivity contribution in [3.63, 3.8) is 0 Å². The van der Waals surface area contributed by atoms with Gasteiger partial charge in [-0.2, -0.15) is 0 Å². The van der Waals surface area contributed by atoms with Crippen LogP contribution in [0.4, 0.5) is 0 Å². The van der Waals surface area contributed by atoms with Crippen molar-refractivity contribution in [1.29, 1.82) is 0 Å². The highest BCUT2D eigenvalue weighted by atomic mass is 31.2. The van der Waals surface area contributed by atoms with Gasteiger partial charge in [-0.25, -0.2) is 9.13 Å². The van der Waals surface area contributed by atoms with Gasteiger partial charge in [-0.05, 0) is 25.7 Å². The quantitative estimate of drug-likeness (QED) is 0.0222. The van der Waals surface area contributed by atoms with Gasteiger partial charge >= 0.3 is 39.5 Å². The molecule has 5 atom stereocenters. The first kappa shape index (κ1) is 91.1. The van der Waals surface area contributed by atoms with Gasteiger partial charge in [0.1, 0.15) is 19.3 Å². The maximum atomic E-state index is 13.1. The minimum Gasteiger partial charge on any atom is -0.462 e. The largest absolute Gasteiger partial charge is 0.472 e. The molecule has 0 aliphatic heterocycles. The normalized spacial score (nSPS) is 13.9. The first-order valence-corrected chi connectivity index (χ1v) is 41.8.